The zero-order chi connectivity index (χ0) is 11.0. The summed E-state index contributed by atoms with van der Waals surface area (Å²) in [4.78, 5) is 0.689. The Morgan fingerprint density at radius 1 is 1.43 bits per heavy atom. The molecule has 4 N–H and O–H groups in total. The van der Waals surface area contributed by atoms with E-state index < -0.39 is 0 Å². The second-order valence-corrected chi connectivity index (χ2v) is 4.09. The predicted octanol–water partition coefficient (Wildman–Crippen LogP) is 2.40. The van der Waals surface area contributed by atoms with E-state index in [9.17, 15) is 0 Å². The van der Waals surface area contributed by atoms with Crippen LogP contribution in [0.25, 0.3) is 0 Å². The molecule has 3 nitrogen and oxygen atoms in total. The largest absolute Gasteiger partial charge is 0.370 e. The number of thiocarbonyl (C=S) groups is 1. The molecule has 0 heterocycles. The Labute approximate surface area is 92.0 Å². The lowest BCUT2D eigenvalue weighted by atomic mass is 10.0. The normalized spacial score (nSPS) is 12.1. The number of rotatable bonds is 6. The van der Waals surface area contributed by atoms with E-state index in [2.05, 4.69) is 19.2 Å². The SMILES string of the molecule is CCCCCCC(C)C(=S)NC(=N)N. The molecule has 0 aromatic heterocycles. The molecule has 0 bridgehead atoms. The molecule has 0 rings (SSSR count). The Balaban J connectivity index is 3.57. The lowest BCUT2D eigenvalue weighted by molar-refractivity contribution is 0.578. The first-order valence-electron chi connectivity index (χ1n) is 5.22. The molecule has 0 aliphatic rings. The monoisotopic (exact) mass is 215 g/mol. The molecular weight excluding hydrogens is 194 g/mol. The highest BCUT2D eigenvalue weighted by Gasteiger charge is 2.08. The molecular formula is C10H21N3S. The minimum absolute atomic E-state index is 0.0598. The van der Waals surface area contributed by atoms with E-state index in [1.165, 1.54) is 25.7 Å². The average Bonchev–Trinajstić information content (AvgIpc) is 2.11. The third-order valence-corrected chi connectivity index (χ3v) is 2.70. The molecule has 0 aromatic carbocycles. The fourth-order valence-electron chi connectivity index (χ4n) is 1.26. The number of unbranched alkanes of at least 4 members (excludes halogenated alkanes) is 3. The molecule has 1 unspecified atom stereocenters. The van der Waals surface area contributed by atoms with Gasteiger partial charge < -0.3 is 11.1 Å². The third-order valence-electron chi connectivity index (χ3n) is 2.20. The molecule has 0 radical (unpaired) electrons. The summed E-state index contributed by atoms with van der Waals surface area (Å²) in [6.45, 7) is 4.27. The Morgan fingerprint density at radius 3 is 2.57 bits per heavy atom. The van der Waals surface area contributed by atoms with Gasteiger partial charge in [-0.1, -0.05) is 51.7 Å². The summed E-state index contributed by atoms with van der Waals surface area (Å²) in [5, 5.41) is 9.72. The van der Waals surface area contributed by atoms with Crippen molar-refractivity contribution in [2.24, 2.45) is 11.7 Å². The van der Waals surface area contributed by atoms with Crippen LogP contribution >= 0.6 is 12.2 Å². The van der Waals surface area contributed by atoms with Crippen LogP contribution in [0.2, 0.25) is 0 Å². The van der Waals surface area contributed by atoms with Crippen molar-refractivity contribution in [3.8, 4) is 0 Å². The first-order chi connectivity index (χ1) is 6.57. The molecule has 0 saturated heterocycles. The molecule has 4 heteroatoms. The molecule has 14 heavy (non-hydrogen) atoms. The van der Waals surface area contributed by atoms with Gasteiger partial charge in [0, 0.05) is 5.92 Å². The maximum absolute atomic E-state index is 7.04. The van der Waals surface area contributed by atoms with Gasteiger partial charge in [0.15, 0.2) is 5.96 Å². The molecule has 0 amide bonds. The van der Waals surface area contributed by atoms with Crippen molar-refractivity contribution in [2.45, 2.75) is 46.0 Å². The lowest BCUT2D eigenvalue weighted by Gasteiger charge is -2.13. The summed E-state index contributed by atoms with van der Waals surface area (Å²) < 4.78 is 0. The van der Waals surface area contributed by atoms with E-state index in [0.29, 0.717) is 10.9 Å². The number of hydrogen-bond acceptors (Lipinski definition) is 2. The van der Waals surface area contributed by atoms with Crippen LogP contribution in [0, 0.1) is 11.3 Å². The maximum atomic E-state index is 7.04. The van der Waals surface area contributed by atoms with E-state index in [4.69, 9.17) is 23.4 Å². The van der Waals surface area contributed by atoms with Gasteiger partial charge in [0.2, 0.25) is 0 Å². The molecule has 0 spiro atoms. The number of hydrogen-bond donors (Lipinski definition) is 3. The molecule has 0 saturated carbocycles. The summed E-state index contributed by atoms with van der Waals surface area (Å²) in [6.07, 6.45) is 6.10. The van der Waals surface area contributed by atoms with Crippen molar-refractivity contribution in [3.63, 3.8) is 0 Å². The van der Waals surface area contributed by atoms with Gasteiger partial charge in [-0.25, -0.2) is 0 Å². The topological polar surface area (TPSA) is 61.9 Å². The smallest absolute Gasteiger partial charge is 0.190 e. The van der Waals surface area contributed by atoms with Crippen molar-refractivity contribution in [1.82, 2.24) is 5.32 Å². The molecule has 1 atom stereocenters. The van der Waals surface area contributed by atoms with Gasteiger partial charge in [-0.3, -0.25) is 5.41 Å². The van der Waals surface area contributed by atoms with Gasteiger partial charge in [0.05, 0.1) is 4.99 Å². The Morgan fingerprint density at radius 2 is 2.07 bits per heavy atom. The van der Waals surface area contributed by atoms with Gasteiger partial charge in [-0.05, 0) is 6.42 Å². The van der Waals surface area contributed by atoms with Crippen LogP contribution in [0.1, 0.15) is 46.0 Å². The Kier molecular flexibility index (Phi) is 7.38. The van der Waals surface area contributed by atoms with E-state index in [1.54, 1.807) is 0 Å². The van der Waals surface area contributed by atoms with E-state index >= 15 is 0 Å². The standard InChI is InChI=1S/C10H21N3S/c1-3-4-5-6-7-8(2)9(14)13-10(11)12/h8H,3-7H2,1-2H3,(H4,11,12,13,14). The number of nitrogens with one attached hydrogen (secondary N) is 2. The third kappa shape index (κ3) is 6.83. The van der Waals surface area contributed by atoms with Crippen LogP contribution < -0.4 is 11.1 Å². The van der Waals surface area contributed by atoms with Crippen molar-refractivity contribution >= 4 is 23.2 Å². The van der Waals surface area contributed by atoms with Gasteiger partial charge in [-0.2, -0.15) is 0 Å². The van der Waals surface area contributed by atoms with Crippen molar-refractivity contribution < 1.29 is 0 Å². The van der Waals surface area contributed by atoms with Crippen LogP contribution in [0.5, 0.6) is 0 Å². The minimum atomic E-state index is -0.0598. The summed E-state index contributed by atoms with van der Waals surface area (Å²) in [7, 11) is 0. The Hall–Kier alpha value is -0.640. The quantitative estimate of drug-likeness (QED) is 0.276. The van der Waals surface area contributed by atoms with Gasteiger partial charge in [0.25, 0.3) is 0 Å². The minimum Gasteiger partial charge on any atom is -0.370 e. The summed E-state index contributed by atoms with van der Waals surface area (Å²) in [5.74, 6) is 0.265. The van der Waals surface area contributed by atoms with Crippen molar-refractivity contribution in [3.05, 3.63) is 0 Å². The average molecular weight is 215 g/mol. The second-order valence-electron chi connectivity index (χ2n) is 3.65. The first-order valence-corrected chi connectivity index (χ1v) is 5.63. The Bertz CT molecular complexity index is 192. The van der Waals surface area contributed by atoms with E-state index in [1.807, 2.05) is 0 Å². The number of nitrogens with two attached hydrogens (primary N) is 1. The van der Waals surface area contributed by atoms with Crippen LogP contribution in [0.15, 0.2) is 0 Å². The van der Waals surface area contributed by atoms with Crippen molar-refractivity contribution in [2.75, 3.05) is 0 Å². The van der Waals surface area contributed by atoms with Gasteiger partial charge in [0.1, 0.15) is 0 Å². The molecule has 0 aromatic rings. The van der Waals surface area contributed by atoms with E-state index in [0.717, 1.165) is 6.42 Å². The van der Waals surface area contributed by atoms with Crippen LogP contribution in [0.4, 0.5) is 0 Å². The number of guanidine groups is 1. The lowest BCUT2D eigenvalue weighted by Crippen LogP contribution is -2.37. The maximum Gasteiger partial charge on any atom is 0.190 e. The van der Waals surface area contributed by atoms with Crippen LogP contribution in [-0.2, 0) is 0 Å². The van der Waals surface area contributed by atoms with Crippen LogP contribution in [0.3, 0.4) is 0 Å². The molecule has 0 aliphatic carbocycles. The highest BCUT2D eigenvalue weighted by atomic mass is 32.1. The summed E-state index contributed by atoms with van der Waals surface area (Å²) in [5.41, 5.74) is 5.19. The highest BCUT2D eigenvalue weighted by Crippen LogP contribution is 2.11. The molecule has 82 valence electrons. The highest BCUT2D eigenvalue weighted by molar-refractivity contribution is 7.80. The second kappa shape index (κ2) is 7.74. The van der Waals surface area contributed by atoms with Gasteiger partial charge >= 0.3 is 0 Å². The zero-order valence-electron chi connectivity index (χ0n) is 9.10. The molecule has 0 aliphatic heterocycles. The fraction of sp³-hybridized carbons (Fsp3) is 0.800. The van der Waals surface area contributed by atoms with Crippen molar-refractivity contribution in [1.29, 1.82) is 5.41 Å². The molecule has 0 fully saturated rings. The predicted molar refractivity (Wildman–Crippen MR) is 65.6 cm³/mol. The zero-order valence-corrected chi connectivity index (χ0v) is 9.91. The first kappa shape index (κ1) is 13.4. The van der Waals surface area contributed by atoms with Crippen LogP contribution in [-0.4, -0.2) is 10.9 Å². The summed E-state index contributed by atoms with van der Waals surface area (Å²) in [6, 6.07) is 0. The van der Waals surface area contributed by atoms with E-state index in [-0.39, 0.29) is 5.96 Å². The van der Waals surface area contributed by atoms with Gasteiger partial charge in [-0.15, -0.1) is 0 Å². The fourth-order valence-corrected chi connectivity index (χ4v) is 1.49. The summed E-state index contributed by atoms with van der Waals surface area (Å²) >= 11 is 5.10.